The molecule has 0 saturated carbocycles. The Labute approximate surface area is 126 Å². The summed E-state index contributed by atoms with van der Waals surface area (Å²) in [5.74, 6) is -3.59. The number of rotatable bonds is 3. The van der Waals surface area contributed by atoms with E-state index in [1.54, 1.807) is 0 Å². The molecule has 23 heavy (non-hydrogen) atoms. The number of cyclic esters (lactones) is 2. The lowest BCUT2D eigenvalue weighted by Gasteiger charge is -2.00. The summed E-state index contributed by atoms with van der Waals surface area (Å²) in [6, 6.07) is 1.03. The van der Waals surface area contributed by atoms with Crippen LogP contribution in [0.15, 0.2) is 12.1 Å². The van der Waals surface area contributed by atoms with Crippen molar-refractivity contribution in [1.29, 1.82) is 0 Å². The lowest BCUT2D eigenvalue weighted by Crippen LogP contribution is -2.02. The number of hydrogen-bond donors (Lipinski definition) is 2. The minimum atomic E-state index is -1.69. The van der Waals surface area contributed by atoms with Crippen LogP contribution in [0.3, 0.4) is 0 Å². The highest BCUT2D eigenvalue weighted by molar-refractivity contribution is 5.93. The number of carbonyl (C=O) groups is 3. The van der Waals surface area contributed by atoms with Gasteiger partial charge in [-0.1, -0.05) is 0 Å². The van der Waals surface area contributed by atoms with Gasteiger partial charge in [0.1, 0.15) is 5.56 Å². The highest BCUT2D eigenvalue weighted by Gasteiger charge is 2.26. The summed E-state index contributed by atoms with van der Waals surface area (Å²) in [7, 11) is 0. The molecule has 1 aliphatic heterocycles. The zero-order valence-electron chi connectivity index (χ0n) is 11.1. The molecule has 122 valence electrons. The number of hydrogen-bond acceptors (Lipinski definition) is 9. The van der Waals surface area contributed by atoms with Gasteiger partial charge in [-0.05, 0) is 0 Å². The van der Waals surface area contributed by atoms with E-state index in [-0.39, 0.29) is 12.8 Å². The average Bonchev–Trinajstić information content (AvgIpc) is 2.82. The van der Waals surface area contributed by atoms with Gasteiger partial charge in [-0.3, -0.25) is 29.8 Å². The number of esters is 2. The first-order chi connectivity index (χ1) is 10.6. The first-order valence-electron chi connectivity index (χ1n) is 5.76. The Balaban J connectivity index is 0.000000313. The Hall–Kier alpha value is -3.57. The fourth-order valence-electron chi connectivity index (χ4n) is 1.45. The van der Waals surface area contributed by atoms with E-state index in [1.165, 1.54) is 0 Å². The summed E-state index contributed by atoms with van der Waals surface area (Å²) >= 11 is 0. The number of carboxylic acids is 1. The number of nitro groups is 2. The molecule has 0 unspecified atom stereocenters. The van der Waals surface area contributed by atoms with Crippen LogP contribution in [0.4, 0.5) is 11.4 Å². The summed E-state index contributed by atoms with van der Waals surface area (Å²) in [6.45, 7) is 0. The predicted molar refractivity (Wildman–Crippen MR) is 68.7 cm³/mol. The number of ether oxygens (including phenoxy) is 1. The highest BCUT2D eigenvalue weighted by Crippen LogP contribution is 2.34. The molecule has 1 aliphatic rings. The average molecular weight is 328 g/mol. The zero-order chi connectivity index (χ0) is 17.7. The molecule has 0 aliphatic carbocycles. The van der Waals surface area contributed by atoms with Crippen molar-refractivity contribution in [1.82, 2.24) is 0 Å². The van der Waals surface area contributed by atoms with E-state index in [1.807, 2.05) is 0 Å². The van der Waals surface area contributed by atoms with E-state index >= 15 is 0 Å². The Morgan fingerprint density at radius 1 is 1.09 bits per heavy atom. The Morgan fingerprint density at radius 2 is 1.61 bits per heavy atom. The van der Waals surface area contributed by atoms with Gasteiger partial charge in [0, 0.05) is 6.07 Å². The minimum Gasteiger partial charge on any atom is -0.501 e. The third kappa shape index (κ3) is 4.45. The van der Waals surface area contributed by atoms with Gasteiger partial charge >= 0.3 is 23.6 Å². The minimum absolute atomic E-state index is 0.263. The molecule has 0 aromatic heterocycles. The monoisotopic (exact) mass is 328 g/mol. The Morgan fingerprint density at radius 3 is 1.91 bits per heavy atom. The number of carboxylic acid groups (broad SMARTS) is 1. The molecule has 1 aromatic rings. The van der Waals surface area contributed by atoms with Crippen molar-refractivity contribution in [3.8, 4) is 5.75 Å². The van der Waals surface area contributed by atoms with Crippen molar-refractivity contribution in [3.63, 3.8) is 0 Å². The van der Waals surface area contributed by atoms with Crippen molar-refractivity contribution >= 4 is 29.3 Å². The van der Waals surface area contributed by atoms with Crippen molar-refractivity contribution in [3.05, 3.63) is 37.9 Å². The van der Waals surface area contributed by atoms with Gasteiger partial charge < -0.3 is 14.9 Å². The molecule has 1 heterocycles. The maximum absolute atomic E-state index is 10.6. The number of nitro benzene ring substituents is 2. The Bertz CT molecular complexity index is 662. The number of carbonyl (C=O) groups excluding carboxylic acids is 2. The molecular weight excluding hydrogens is 320 g/mol. The van der Waals surface area contributed by atoms with E-state index in [2.05, 4.69) is 4.74 Å². The topological polar surface area (TPSA) is 187 Å². The Kier molecular flexibility index (Phi) is 5.27. The van der Waals surface area contributed by atoms with E-state index in [0.29, 0.717) is 12.1 Å². The first kappa shape index (κ1) is 17.5. The van der Waals surface area contributed by atoms with E-state index in [4.69, 9.17) is 5.11 Å². The first-order valence-corrected chi connectivity index (χ1v) is 5.76. The van der Waals surface area contributed by atoms with Crippen molar-refractivity contribution in [2.75, 3.05) is 0 Å². The summed E-state index contributed by atoms with van der Waals surface area (Å²) in [6.07, 6.45) is 0.525. The molecule has 0 atom stereocenters. The van der Waals surface area contributed by atoms with Crippen LogP contribution in [0.2, 0.25) is 0 Å². The number of aromatic carboxylic acids is 1. The fraction of sp³-hybridized carbons (Fsp3) is 0.182. The zero-order valence-corrected chi connectivity index (χ0v) is 11.1. The number of non-ortho nitro benzene ring substituents is 1. The predicted octanol–water partition coefficient (Wildman–Crippen LogP) is 0.757. The normalized spacial score (nSPS) is 12.9. The third-order valence-electron chi connectivity index (χ3n) is 2.47. The van der Waals surface area contributed by atoms with Crippen molar-refractivity contribution in [2.45, 2.75) is 12.8 Å². The van der Waals surface area contributed by atoms with Crippen LogP contribution in [-0.4, -0.2) is 38.0 Å². The van der Waals surface area contributed by atoms with E-state index in [0.717, 1.165) is 0 Å². The molecule has 1 saturated heterocycles. The van der Waals surface area contributed by atoms with Crippen LogP contribution in [0.25, 0.3) is 0 Å². The van der Waals surface area contributed by atoms with Crippen LogP contribution in [-0.2, 0) is 14.3 Å². The van der Waals surface area contributed by atoms with Crippen LogP contribution in [0.1, 0.15) is 23.2 Å². The second-order valence-corrected chi connectivity index (χ2v) is 4.03. The second-order valence-electron chi connectivity index (χ2n) is 4.03. The van der Waals surface area contributed by atoms with Crippen LogP contribution >= 0.6 is 0 Å². The highest BCUT2D eigenvalue weighted by atomic mass is 16.6. The van der Waals surface area contributed by atoms with Gasteiger partial charge in [-0.15, -0.1) is 0 Å². The molecule has 0 spiro atoms. The van der Waals surface area contributed by atoms with Crippen LogP contribution in [0, 0.1) is 20.2 Å². The maximum atomic E-state index is 10.6. The summed E-state index contributed by atoms with van der Waals surface area (Å²) in [5.41, 5.74) is -2.69. The van der Waals surface area contributed by atoms with E-state index in [9.17, 15) is 39.7 Å². The molecular formula is C11H8N2O10. The van der Waals surface area contributed by atoms with Gasteiger partial charge in [-0.2, -0.15) is 0 Å². The smallest absolute Gasteiger partial charge is 0.340 e. The van der Waals surface area contributed by atoms with Crippen molar-refractivity contribution < 1.29 is 39.2 Å². The molecule has 12 heteroatoms. The third-order valence-corrected chi connectivity index (χ3v) is 2.47. The van der Waals surface area contributed by atoms with Gasteiger partial charge in [0.2, 0.25) is 5.75 Å². The van der Waals surface area contributed by atoms with Crippen LogP contribution < -0.4 is 0 Å². The standard InChI is InChI=1S/C7H4N2O7.C4H4O3/c10-6-4(7(11)12)1-3(8(13)14)2-5(6)9(15)16;5-3-1-2-4(6)7-3/h1-2,10H,(H,11,12);1-2H2. The number of nitrogens with zero attached hydrogens (tertiary/aromatic N) is 2. The lowest BCUT2D eigenvalue weighted by molar-refractivity contribution is -0.394. The molecule has 1 aromatic carbocycles. The number of phenols is 1. The summed E-state index contributed by atoms with van der Waals surface area (Å²) in [5, 5.41) is 38.5. The molecule has 12 nitrogen and oxygen atoms in total. The van der Waals surface area contributed by atoms with Gasteiger partial charge in [-0.25, -0.2) is 4.79 Å². The van der Waals surface area contributed by atoms with Crippen molar-refractivity contribution in [2.24, 2.45) is 0 Å². The molecule has 0 amide bonds. The summed E-state index contributed by atoms with van der Waals surface area (Å²) in [4.78, 5) is 49.3. The van der Waals surface area contributed by atoms with Gasteiger partial charge in [0.25, 0.3) is 5.69 Å². The van der Waals surface area contributed by atoms with Crippen LogP contribution in [0.5, 0.6) is 5.75 Å². The fourth-order valence-corrected chi connectivity index (χ4v) is 1.45. The molecule has 0 radical (unpaired) electrons. The van der Waals surface area contributed by atoms with Gasteiger partial charge in [0.05, 0.1) is 28.8 Å². The SMILES string of the molecule is O=C(O)c1cc([N+](=O)[O-])cc([N+](=O)[O-])c1O.O=C1CCC(=O)O1. The number of aromatic hydroxyl groups is 1. The quantitative estimate of drug-likeness (QED) is 0.347. The lowest BCUT2D eigenvalue weighted by atomic mass is 10.1. The number of benzene rings is 1. The summed E-state index contributed by atoms with van der Waals surface area (Å²) < 4.78 is 4.08. The largest absolute Gasteiger partial charge is 0.501 e. The molecule has 0 bridgehead atoms. The molecule has 2 N–H and O–H groups in total. The molecule has 2 rings (SSSR count). The molecule has 1 fully saturated rings. The van der Waals surface area contributed by atoms with E-state index < -0.39 is 50.4 Å². The van der Waals surface area contributed by atoms with Gasteiger partial charge in [0.15, 0.2) is 0 Å². The second kappa shape index (κ2) is 6.93. The maximum Gasteiger partial charge on any atom is 0.340 e.